The fraction of sp³-hybridized carbons (Fsp3) is 0.600. The van der Waals surface area contributed by atoms with Gasteiger partial charge in [0.15, 0.2) is 0 Å². The van der Waals surface area contributed by atoms with Crippen molar-refractivity contribution < 1.29 is 5.11 Å². The van der Waals surface area contributed by atoms with Gasteiger partial charge in [0.25, 0.3) is 0 Å². The molecule has 0 spiro atoms. The van der Waals surface area contributed by atoms with Gasteiger partial charge in [-0.25, -0.2) is 0 Å². The monoisotopic (exact) mass is 233 g/mol. The molecule has 94 valence electrons. The van der Waals surface area contributed by atoms with Gasteiger partial charge in [-0.05, 0) is 38.3 Å². The highest BCUT2D eigenvalue weighted by atomic mass is 16.3. The van der Waals surface area contributed by atoms with Crippen molar-refractivity contribution in [1.82, 2.24) is 5.32 Å². The smallest absolute Gasteiger partial charge is 0.0771 e. The third kappa shape index (κ3) is 3.83. The molecule has 2 nitrogen and oxygen atoms in total. The summed E-state index contributed by atoms with van der Waals surface area (Å²) in [6, 6.07) is 8.62. The molecule has 1 saturated carbocycles. The van der Waals surface area contributed by atoms with Gasteiger partial charge in [-0.15, -0.1) is 0 Å². The molecule has 1 aliphatic rings. The topological polar surface area (TPSA) is 32.3 Å². The van der Waals surface area contributed by atoms with Crippen LogP contribution in [-0.2, 0) is 6.42 Å². The minimum atomic E-state index is -0.424. The lowest BCUT2D eigenvalue weighted by molar-refractivity contribution is 0.0481. The molecule has 1 aliphatic carbocycles. The predicted molar refractivity (Wildman–Crippen MR) is 71.2 cm³/mol. The minimum absolute atomic E-state index is 0.424. The first-order valence-corrected chi connectivity index (χ1v) is 6.67. The standard InChI is InChI=1S/C15H23NO/c1-13-5-4-6-14(11-13)7-10-16-12-15(17)8-2-3-9-15/h4-6,11,16-17H,2-3,7-10,12H2,1H3. The van der Waals surface area contributed by atoms with E-state index in [9.17, 15) is 5.11 Å². The van der Waals surface area contributed by atoms with Gasteiger partial charge in [0, 0.05) is 6.54 Å². The van der Waals surface area contributed by atoms with Crippen molar-refractivity contribution in [3.05, 3.63) is 35.4 Å². The summed E-state index contributed by atoms with van der Waals surface area (Å²) >= 11 is 0. The SMILES string of the molecule is Cc1cccc(CCNCC2(O)CCCC2)c1. The molecule has 0 heterocycles. The van der Waals surface area contributed by atoms with Crippen molar-refractivity contribution in [2.75, 3.05) is 13.1 Å². The zero-order valence-electron chi connectivity index (χ0n) is 10.7. The number of rotatable bonds is 5. The number of hydrogen-bond donors (Lipinski definition) is 2. The van der Waals surface area contributed by atoms with Crippen LogP contribution in [0.1, 0.15) is 36.8 Å². The van der Waals surface area contributed by atoms with Gasteiger partial charge in [0.05, 0.1) is 5.60 Å². The maximum Gasteiger partial charge on any atom is 0.0771 e. The van der Waals surface area contributed by atoms with Crippen molar-refractivity contribution in [3.63, 3.8) is 0 Å². The van der Waals surface area contributed by atoms with Crippen LogP contribution in [0.25, 0.3) is 0 Å². The van der Waals surface area contributed by atoms with Crippen LogP contribution in [0.4, 0.5) is 0 Å². The molecule has 1 aromatic carbocycles. The normalized spacial score (nSPS) is 18.5. The van der Waals surface area contributed by atoms with Crippen LogP contribution in [0.15, 0.2) is 24.3 Å². The van der Waals surface area contributed by atoms with E-state index in [0.29, 0.717) is 0 Å². The van der Waals surface area contributed by atoms with Crippen molar-refractivity contribution in [2.24, 2.45) is 0 Å². The van der Waals surface area contributed by atoms with E-state index in [4.69, 9.17) is 0 Å². The van der Waals surface area contributed by atoms with E-state index >= 15 is 0 Å². The number of hydrogen-bond acceptors (Lipinski definition) is 2. The van der Waals surface area contributed by atoms with E-state index in [1.54, 1.807) is 0 Å². The fourth-order valence-corrected chi connectivity index (χ4v) is 2.63. The molecule has 0 atom stereocenters. The first-order chi connectivity index (χ1) is 8.18. The van der Waals surface area contributed by atoms with Crippen LogP contribution >= 0.6 is 0 Å². The Labute approximate surface area is 104 Å². The molecule has 2 N–H and O–H groups in total. The van der Waals surface area contributed by atoms with Gasteiger partial charge < -0.3 is 10.4 Å². The van der Waals surface area contributed by atoms with E-state index in [2.05, 4.69) is 36.5 Å². The summed E-state index contributed by atoms with van der Waals surface area (Å²) in [5, 5.41) is 13.6. The van der Waals surface area contributed by atoms with Crippen LogP contribution < -0.4 is 5.32 Å². The molecule has 0 unspecified atom stereocenters. The Morgan fingerprint density at radius 2 is 2.06 bits per heavy atom. The Morgan fingerprint density at radius 3 is 2.76 bits per heavy atom. The van der Waals surface area contributed by atoms with Crippen molar-refractivity contribution in [1.29, 1.82) is 0 Å². The third-order valence-electron chi connectivity index (χ3n) is 3.66. The zero-order chi connectivity index (χ0) is 12.1. The van der Waals surface area contributed by atoms with Crippen LogP contribution in [0.2, 0.25) is 0 Å². The van der Waals surface area contributed by atoms with Crippen molar-refractivity contribution >= 4 is 0 Å². The van der Waals surface area contributed by atoms with Crippen LogP contribution in [0, 0.1) is 6.92 Å². The second-order valence-electron chi connectivity index (χ2n) is 5.35. The average Bonchev–Trinajstić information content (AvgIpc) is 2.72. The minimum Gasteiger partial charge on any atom is -0.389 e. The van der Waals surface area contributed by atoms with Gasteiger partial charge in [0.1, 0.15) is 0 Å². The molecule has 0 bridgehead atoms. The molecule has 2 heteroatoms. The Bertz CT molecular complexity index is 356. The molecule has 0 radical (unpaired) electrons. The summed E-state index contributed by atoms with van der Waals surface area (Å²) in [4.78, 5) is 0. The molecule has 0 saturated heterocycles. The van der Waals surface area contributed by atoms with E-state index < -0.39 is 5.60 Å². The molecular formula is C15H23NO. The Kier molecular flexibility index (Phi) is 4.19. The highest BCUT2D eigenvalue weighted by Crippen LogP contribution is 2.28. The lowest BCUT2D eigenvalue weighted by Crippen LogP contribution is -2.38. The Morgan fingerprint density at radius 1 is 1.29 bits per heavy atom. The van der Waals surface area contributed by atoms with Gasteiger partial charge in [-0.2, -0.15) is 0 Å². The quantitative estimate of drug-likeness (QED) is 0.766. The first-order valence-electron chi connectivity index (χ1n) is 6.67. The molecule has 17 heavy (non-hydrogen) atoms. The molecule has 0 amide bonds. The third-order valence-corrected chi connectivity index (χ3v) is 3.66. The van der Waals surface area contributed by atoms with Gasteiger partial charge >= 0.3 is 0 Å². The molecule has 0 aliphatic heterocycles. The van der Waals surface area contributed by atoms with Crippen LogP contribution in [-0.4, -0.2) is 23.8 Å². The second kappa shape index (κ2) is 5.65. The summed E-state index contributed by atoms with van der Waals surface area (Å²) in [6.07, 6.45) is 5.32. The lowest BCUT2D eigenvalue weighted by atomic mass is 10.0. The number of benzene rings is 1. The van der Waals surface area contributed by atoms with Gasteiger partial charge in [-0.1, -0.05) is 42.7 Å². The van der Waals surface area contributed by atoms with Gasteiger partial charge in [0.2, 0.25) is 0 Å². The average molecular weight is 233 g/mol. The molecule has 0 aromatic heterocycles. The molecular weight excluding hydrogens is 210 g/mol. The maximum atomic E-state index is 10.2. The Balaban J connectivity index is 1.69. The second-order valence-corrected chi connectivity index (χ2v) is 5.35. The summed E-state index contributed by atoms with van der Waals surface area (Å²) in [7, 11) is 0. The van der Waals surface area contributed by atoms with E-state index in [1.165, 1.54) is 24.0 Å². The number of nitrogens with one attached hydrogen (secondary N) is 1. The number of aryl methyl sites for hydroxylation is 1. The van der Waals surface area contributed by atoms with Gasteiger partial charge in [-0.3, -0.25) is 0 Å². The zero-order valence-corrected chi connectivity index (χ0v) is 10.7. The largest absolute Gasteiger partial charge is 0.389 e. The summed E-state index contributed by atoms with van der Waals surface area (Å²) in [6.45, 7) is 3.82. The molecule has 2 rings (SSSR count). The predicted octanol–water partition coefficient (Wildman–Crippen LogP) is 2.43. The summed E-state index contributed by atoms with van der Waals surface area (Å²) < 4.78 is 0. The van der Waals surface area contributed by atoms with E-state index in [0.717, 1.165) is 32.4 Å². The molecule has 1 aromatic rings. The highest BCUT2D eigenvalue weighted by Gasteiger charge is 2.30. The first kappa shape index (κ1) is 12.6. The van der Waals surface area contributed by atoms with E-state index in [-0.39, 0.29) is 0 Å². The fourth-order valence-electron chi connectivity index (χ4n) is 2.63. The van der Waals surface area contributed by atoms with Crippen LogP contribution in [0.5, 0.6) is 0 Å². The summed E-state index contributed by atoms with van der Waals surface area (Å²) in [5.74, 6) is 0. The number of aliphatic hydroxyl groups is 1. The lowest BCUT2D eigenvalue weighted by Gasteiger charge is -2.22. The van der Waals surface area contributed by atoms with Crippen molar-refractivity contribution in [2.45, 2.75) is 44.6 Å². The van der Waals surface area contributed by atoms with Crippen LogP contribution in [0.3, 0.4) is 0 Å². The van der Waals surface area contributed by atoms with Crippen molar-refractivity contribution in [3.8, 4) is 0 Å². The molecule has 1 fully saturated rings. The Hall–Kier alpha value is -0.860. The van der Waals surface area contributed by atoms with E-state index in [1.807, 2.05) is 0 Å². The maximum absolute atomic E-state index is 10.2. The highest BCUT2D eigenvalue weighted by molar-refractivity contribution is 5.22. The summed E-state index contributed by atoms with van der Waals surface area (Å²) in [5.41, 5.74) is 2.26.